The Bertz CT molecular complexity index is 1620. The molecule has 0 fully saturated rings. The molecule has 0 radical (unpaired) electrons. The third-order valence-electron chi connectivity index (χ3n) is 7.05. The largest absolute Gasteiger partial charge is 0.508 e. The number of phenols is 1. The Kier molecular flexibility index (Phi) is 10.2. The van der Waals surface area contributed by atoms with Gasteiger partial charge in [0.15, 0.2) is 11.0 Å². The van der Waals surface area contributed by atoms with Crippen LogP contribution in [0.3, 0.4) is 0 Å². The first-order valence-corrected chi connectivity index (χ1v) is 16.0. The molecule has 1 N–H and O–H groups in total. The fraction of sp³-hybridized carbons (Fsp3) is 0.235. The Morgan fingerprint density at radius 1 is 0.929 bits per heavy atom. The van der Waals surface area contributed by atoms with Crippen LogP contribution < -0.4 is 4.74 Å². The molecule has 0 aliphatic carbocycles. The molecule has 4 aromatic carbocycles. The van der Waals surface area contributed by atoms with Crippen molar-refractivity contribution in [2.45, 2.75) is 38.1 Å². The van der Waals surface area contributed by atoms with Crippen molar-refractivity contribution in [1.82, 2.24) is 14.8 Å². The number of rotatable bonds is 12. The molecule has 0 aliphatic heterocycles. The number of nitrogens with zero attached hydrogens (tertiary/aromatic N) is 3. The summed E-state index contributed by atoms with van der Waals surface area (Å²) >= 11 is 3.79. The summed E-state index contributed by atoms with van der Waals surface area (Å²) in [5.41, 5.74) is 6.74. The standard InChI is InChI=1S/C34H34IN3O3S/c1-4-25-9-5-6-10-30(25)31-11-7-8-12-32(31)41-21-29(40-3)22-42-34-37-36-33(26-17-27(35)19-28(39)18-26)38(34)20-24-15-13-23(2)14-16-24/h5-19,29,39H,4,20-22H2,1-3H3. The minimum absolute atomic E-state index is 0.167. The number of thioether (sulfide) groups is 1. The SMILES string of the molecule is CCc1ccccc1-c1ccccc1OCC(CSc1nnc(-c2cc(O)cc(I)c2)n1Cc1ccc(C)cc1)OC. The van der Waals surface area contributed by atoms with E-state index in [4.69, 9.17) is 9.47 Å². The lowest BCUT2D eigenvalue weighted by Crippen LogP contribution is -2.23. The summed E-state index contributed by atoms with van der Waals surface area (Å²) in [5.74, 6) is 2.39. The van der Waals surface area contributed by atoms with Gasteiger partial charge in [-0.25, -0.2) is 0 Å². The second-order valence-corrected chi connectivity index (χ2v) is 12.3. The van der Waals surface area contributed by atoms with Crippen LogP contribution in [0.5, 0.6) is 11.5 Å². The lowest BCUT2D eigenvalue weighted by atomic mass is 9.97. The van der Waals surface area contributed by atoms with Gasteiger partial charge in [0.2, 0.25) is 0 Å². The van der Waals surface area contributed by atoms with Crippen LogP contribution in [0.15, 0.2) is 96.2 Å². The zero-order chi connectivity index (χ0) is 29.5. The van der Waals surface area contributed by atoms with Crippen LogP contribution in [0.4, 0.5) is 0 Å². The molecular formula is C34H34IN3O3S. The van der Waals surface area contributed by atoms with Gasteiger partial charge in [-0.1, -0.05) is 91.0 Å². The van der Waals surface area contributed by atoms with E-state index in [2.05, 4.69) is 106 Å². The molecule has 1 heterocycles. The maximum absolute atomic E-state index is 10.3. The van der Waals surface area contributed by atoms with Crippen LogP contribution in [0, 0.1) is 10.5 Å². The van der Waals surface area contributed by atoms with Crippen LogP contribution in [0.1, 0.15) is 23.6 Å². The van der Waals surface area contributed by atoms with E-state index in [1.165, 1.54) is 16.7 Å². The molecule has 0 saturated carbocycles. The van der Waals surface area contributed by atoms with Crippen molar-refractivity contribution in [3.8, 4) is 34.0 Å². The fourth-order valence-electron chi connectivity index (χ4n) is 4.77. The molecule has 1 unspecified atom stereocenters. The quantitative estimate of drug-likeness (QED) is 0.106. The van der Waals surface area contributed by atoms with E-state index in [1.807, 2.05) is 24.3 Å². The number of benzene rings is 4. The van der Waals surface area contributed by atoms with Crippen molar-refractivity contribution in [1.29, 1.82) is 0 Å². The molecule has 1 aromatic heterocycles. The smallest absolute Gasteiger partial charge is 0.191 e. The van der Waals surface area contributed by atoms with Gasteiger partial charge in [0.1, 0.15) is 24.2 Å². The number of ether oxygens (including phenoxy) is 2. The van der Waals surface area contributed by atoms with Crippen molar-refractivity contribution in [2.24, 2.45) is 0 Å². The molecule has 0 bridgehead atoms. The van der Waals surface area contributed by atoms with Crippen LogP contribution in [-0.4, -0.2) is 45.4 Å². The fourth-order valence-corrected chi connectivity index (χ4v) is 6.40. The highest BCUT2D eigenvalue weighted by atomic mass is 127. The summed E-state index contributed by atoms with van der Waals surface area (Å²) in [4.78, 5) is 0. The number of hydrogen-bond donors (Lipinski definition) is 1. The van der Waals surface area contributed by atoms with Gasteiger partial charge in [-0.15, -0.1) is 10.2 Å². The van der Waals surface area contributed by atoms with Crippen molar-refractivity contribution < 1.29 is 14.6 Å². The number of methoxy groups -OCH3 is 1. The van der Waals surface area contributed by atoms with Gasteiger partial charge in [0.05, 0.1) is 6.54 Å². The first-order valence-electron chi connectivity index (χ1n) is 13.9. The number of phenolic OH excluding ortho intramolecular Hbond substituents is 1. The minimum atomic E-state index is -0.167. The van der Waals surface area contributed by atoms with Gasteiger partial charge >= 0.3 is 0 Å². The van der Waals surface area contributed by atoms with E-state index in [-0.39, 0.29) is 11.9 Å². The highest BCUT2D eigenvalue weighted by molar-refractivity contribution is 14.1. The summed E-state index contributed by atoms with van der Waals surface area (Å²) in [7, 11) is 1.71. The zero-order valence-corrected chi connectivity index (χ0v) is 26.9. The van der Waals surface area contributed by atoms with Gasteiger partial charge in [-0.3, -0.25) is 4.57 Å². The summed E-state index contributed by atoms with van der Waals surface area (Å²) < 4.78 is 15.2. The molecule has 0 saturated heterocycles. The predicted octanol–water partition coefficient (Wildman–Crippen LogP) is 8.03. The zero-order valence-electron chi connectivity index (χ0n) is 24.0. The van der Waals surface area contributed by atoms with E-state index in [0.717, 1.165) is 37.6 Å². The van der Waals surface area contributed by atoms with Crippen molar-refractivity contribution in [3.63, 3.8) is 0 Å². The normalized spacial score (nSPS) is 11.9. The van der Waals surface area contributed by atoms with Crippen LogP contribution >= 0.6 is 34.4 Å². The number of para-hydroxylation sites is 1. The Labute approximate surface area is 265 Å². The molecule has 8 heteroatoms. The highest BCUT2D eigenvalue weighted by Crippen LogP contribution is 2.33. The Morgan fingerprint density at radius 2 is 1.67 bits per heavy atom. The van der Waals surface area contributed by atoms with Gasteiger partial charge in [-0.05, 0) is 76.9 Å². The van der Waals surface area contributed by atoms with Crippen molar-refractivity contribution in [3.05, 3.63) is 111 Å². The molecule has 5 rings (SSSR count). The van der Waals surface area contributed by atoms with Crippen molar-refractivity contribution in [2.75, 3.05) is 19.5 Å². The van der Waals surface area contributed by atoms with Gasteiger partial charge in [0, 0.05) is 27.6 Å². The van der Waals surface area contributed by atoms with E-state index >= 15 is 0 Å². The number of aryl methyl sites for hydroxylation is 2. The molecule has 0 spiro atoms. The van der Waals surface area contributed by atoms with Gasteiger partial charge in [0.25, 0.3) is 0 Å². The highest BCUT2D eigenvalue weighted by Gasteiger charge is 2.19. The second-order valence-electron chi connectivity index (χ2n) is 10.1. The summed E-state index contributed by atoms with van der Waals surface area (Å²) in [5, 5.41) is 20.1. The third kappa shape index (κ3) is 7.35. The second kappa shape index (κ2) is 14.2. The van der Waals surface area contributed by atoms with E-state index < -0.39 is 0 Å². The van der Waals surface area contributed by atoms with E-state index in [1.54, 1.807) is 31.0 Å². The lowest BCUT2D eigenvalue weighted by molar-refractivity contribution is 0.0752. The molecule has 42 heavy (non-hydrogen) atoms. The monoisotopic (exact) mass is 691 g/mol. The predicted molar refractivity (Wildman–Crippen MR) is 178 cm³/mol. The molecule has 6 nitrogen and oxygen atoms in total. The summed E-state index contributed by atoms with van der Waals surface area (Å²) in [6, 6.07) is 30.6. The Morgan fingerprint density at radius 3 is 2.40 bits per heavy atom. The molecule has 0 amide bonds. The Balaban J connectivity index is 1.35. The maximum Gasteiger partial charge on any atom is 0.191 e. The van der Waals surface area contributed by atoms with Crippen LogP contribution in [0.2, 0.25) is 0 Å². The minimum Gasteiger partial charge on any atom is -0.508 e. The van der Waals surface area contributed by atoms with E-state index in [0.29, 0.717) is 24.7 Å². The van der Waals surface area contributed by atoms with Crippen molar-refractivity contribution >= 4 is 34.4 Å². The van der Waals surface area contributed by atoms with Crippen LogP contribution in [0.25, 0.3) is 22.5 Å². The number of halogens is 1. The first-order chi connectivity index (χ1) is 20.4. The topological polar surface area (TPSA) is 69.4 Å². The van der Waals surface area contributed by atoms with Gasteiger partial charge in [-0.2, -0.15) is 0 Å². The Hall–Kier alpha value is -3.34. The molecular weight excluding hydrogens is 657 g/mol. The van der Waals surface area contributed by atoms with E-state index in [9.17, 15) is 5.11 Å². The lowest BCUT2D eigenvalue weighted by Gasteiger charge is -2.19. The average Bonchev–Trinajstić information content (AvgIpc) is 3.40. The molecule has 1 atom stereocenters. The summed E-state index contributed by atoms with van der Waals surface area (Å²) in [6.45, 7) is 5.26. The molecule has 5 aromatic rings. The number of aromatic nitrogens is 3. The average molecular weight is 692 g/mol. The molecule has 0 aliphatic rings. The maximum atomic E-state index is 10.3. The number of hydrogen-bond acceptors (Lipinski definition) is 6. The molecule has 216 valence electrons. The summed E-state index contributed by atoms with van der Waals surface area (Å²) in [6.07, 6.45) is 0.786. The van der Waals surface area contributed by atoms with Gasteiger partial charge < -0.3 is 14.6 Å². The third-order valence-corrected chi connectivity index (χ3v) is 8.77. The van der Waals surface area contributed by atoms with Crippen LogP contribution in [-0.2, 0) is 17.7 Å². The first kappa shape index (κ1) is 30.1. The number of aromatic hydroxyl groups is 1.